The van der Waals surface area contributed by atoms with Gasteiger partial charge in [0.1, 0.15) is 5.70 Å². The average molecular weight is 449 g/mol. The molecular weight excluding hydrogens is 431 g/mol. The number of fused-ring (bicyclic) bond motifs is 1. The van der Waals surface area contributed by atoms with Gasteiger partial charge in [0, 0.05) is 17.3 Å². The molecule has 0 fully saturated rings. The van der Waals surface area contributed by atoms with Crippen molar-refractivity contribution in [3.8, 4) is 0 Å². The lowest BCUT2D eigenvalue weighted by Crippen LogP contribution is -2.37. The Bertz CT molecular complexity index is 1240. The minimum Gasteiger partial charge on any atom is -0.336 e. The SMILES string of the molecule is O=C1C(c2ccccc2)=C(N2CCCc3ccccc32)C(=O)N1c1cc(Cl)ccc1Cl. The number of aryl methyl sites for hydroxylation is 1. The zero-order valence-corrected chi connectivity index (χ0v) is 18.0. The number of hydrogen-bond donors (Lipinski definition) is 0. The van der Waals surface area contributed by atoms with E-state index >= 15 is 0 Å². The van der Waals surface area contributed by atoms with Gasteiger partial charge >= 0.3 is 0 Å². The Labute approximate surface area is 190 Å². The number of nitrogens with zero attached hydrogens (tertiary/aromatic N) is 2. The van der Waals surface area contributed by atoms with Crippen molar-refractivity contribution in [1.82, 2.24) is 0 Å². The minimum absolute atomic E-state index is 0.290. The molecule has 0 saturated carbocycles. The van der Waals surface area contributed by atoms with Gasteiger partial charge in [-0.2, -0.15) is 0 Å². The van der Waals surface area contributed by atoms with Crippen molar-refractivity contribution in [2.45, 2.75) is 12.8 Å². The Balaban J connectivity index is 1.72. The van der Waals surface area contributed by atoms with Crippen LogP contribution in [0.1, 0.15) is 17.5 Å². The van der Waals surface area contributed by atoms with Crippen LogP contribution in [0.25, 0.3) is 5.57 Å². The summed E-state index contributed by atoms with van der Waals surface area (Å²) in [4.78, 5) is 30.6. The maximum atomic E-state index is 13.8. The van der Waals surface area contributed by atoms with E-state index in [1.807, 2.05) is 53.4 Å². The molecule has 0 bridgehead atoms. The largest absolute Gasteiger partial charge is 0.336 e. The van der Waals surface area contributed by atoms with Crippen molar-refractivity contribution in [3.05, 3.63) is 99.7 Å². The van der Waals surface area contributed by atoms with Crippen LogP contribution in [0.5, 0.6) is 0 Å². The van der Waals surface area contributed by atoms with Crippen molar-refractivity contribution in [3.63, 3.8) is 0 Å². The lowest BCUT2D eigenvalue weighted by Gasteiger charge is -2.32. The molecule has 0 atom stereocenters. The standard InChI is InChI=1S/C25H18Cl2N2O2/c26-18-12-13-19(27)21(15-18)29-24(30)22(17-8-2-1-3-9-17)23(25(29)31)28-14-6-10-16-7-4-5-11-20(16)28/h1-5,7-9,11-13,15H,6,10,14H2. The first-order valence-electron chi connectivity index (χ1n) is 10.1. The molecular formula is C25H18Cl2N2O2. The molecule has 31 heavy (non-hydrogen) atoms. The van der Waals surface area contributed by atoms with E-state index in [1.165, 1.54) is 0 Å². The molecule has 2 amide bonds. The maximum Gasteiger partial charge on any atom is 0.282 e. The van der Waals surface area contributed by atoms with Crippen molar-refractivity contribution in [1.29, 1.82) is 0 Å². The summed E-state index contributed by atoms with van der Waals surface area (Å²) in [5.74, 6) is -0.803. The third-order valence-corrected chi connectivity index (χ3v) is 6.21. The van der Waals surface area contributed by atoms with E-state index < -0.39 is 11.8 Å². The molecule has 0 spiro atoms. The fraction of sp³-hybridized carbons (Fsp3) is 0.120. The number of para-hydroxylation sites is 1. The Morgan fingerprint density at radius 3 is 2.32 bits per heavy atom. The Hall–Kier alpha value is -3.08. The van der Waals surface area contributed by atoms with E-state index in [2.05, 4.69) is 6.07 Å². The third kappa shape index (κ3) is 3.32. The van der Waals surface area contributed by atoms with Gasteiger partial charge in [0.2, 0.25) is 0 Å². The van der Waals surface area contributed by atoms with Gasteiger partial charge in [-0.05, 0) is 48.2 Å². The molecule has 0 radical (unpaired) electrons. The summed E-state index contributed by atoms with van der Waals surface area (Å²) >= 11 is 12.5. The molecule has 5 rings (SSSR count). The van der Waals surface area contributed by atoms with Crippen LogP contribution in [0.4, 0.5) is 11.4 Å². The summed E-state index contributed by atoms with van der Waals surface area (Å²) in [6.45, 7) is 0.652. The number of imide groups is 1. The van der Waals surface area contributed by atoms with Gasteiger partial charge in [-0.1, -0.05) is 71.7 Å². The molecule has 154 valence electrons. The highest BCUT2D eigenvalue weighted by Crippen LogP contribution is 2.41. The van der Waals surface area contributed by atoms with Gasteiger partial charge in [-0.25, -0.2) is 4.90 Å². The molecule has 0 N–H and O–H groups in total. The molecule has 0 unspecified atom stereocenters. The predicted octanol–water partition coefficient (Wildman–Crippen LogP) is 5.73. The fourth-order valence-corrected chi connectivity index (χ4v) is 4.64. The first kappa shape index (κ1) is 19.9. The van der Waals surface area contributed by atoms with Crippen molar-refractivity contribution < 1.29 is 9.59 Å². The number of rotatable bonds is 3. The highest BCUT2D eigenvalue weighted by Gasteiger charge is 2.44. The normalized spacial score (nSPS) is 16.2. The van der Waals surface area contributed by atoms with Gasteiger partial charge in [-0.3, -0.25) is 9.59 Å². The van der Waals surface area contributed by atoms with Crippen LogP contribution in [-0.4, -0.2) is 18.4 Å². The minimum atomic E-state index is -0.404. The zero-order valence-electron chi connectivity index (χ0n) is 16.5. The number of benzene rings is 3. The van der Waals surface area contributed by atoms with E-state index in [0.29, 0.717) is 33.4 Å². The lowest BCUT2D eigenvalue weighted by molar-refractivity contribution is -0.120. The zero-order chi connectivity index (χ0) is 21.5. The summed E-state index contributed by atoms with van der Waals surface area (Å²) in [7, 11) is 0. The number of amides is 2. The molecule has 2 aliphatic rings. The average Bonchev–Trinajstić information content (AvgIpc) is 3.05. The van der Waals surface area contributed by atoms with Gasteiger partial charge in [0.25, 0.3) is 11.8 Å². The smallest absolute Gasteiger partial charge is 0.282 e. The van der Waals surface area contributed by atoms with Crippen LogP contribution in [0.2, 0.25) is 10.0 Å². The van der Waals surface area contributed by atoms with Gasteiger partial charge in [-0.15, -0.1) is 0 Å². The second-order valence-corrected chi connectivity index (χ2v) is 8.36. The summed E-state index contributed by atoms with van der Waals surface area (Å²) in [6.07, 6.45) is 1.83. The molecule has 0 saturated heterocycles. The number of carbonyl (C=O) groups excluding carboxylic acids is 2. The van der Waals surface area contributed by atoms with Crippen LogP contribution >= 0.6 is 23.2 Å². The molecule has 2 aliphatic heterocycles. The molecule has 0 aliphatic carbocycles. The summed E-state index contributed by atoms with van der Waals surface area (Å²) in [5.41, 5.74) is 3.85. The topological polar surface area (TPSA) is 40.6 Å². The van der Waals surface area contributed by atoms with E-state index in [4.69, 9.17) is 23.2 Å². The summed E-state index contributed by atoms with van der Waals surface area (Å²) in [5, 5.41) is 0.692. The second kappa shape index (κ2) is 7.88. The van der Waals surface area contributed by atoms with Crippen LogP contribution in [0.3, 0.4) is 0 Å². The third-order valence-electron chi connectivity index (χ3n) is 5.65. The predicted molar refractivity (Wildman–Crippen MR) is 124 cm³/mol. The molecule has 3 aromatic rings. The van der Waals surface area contributed by atoms with Crippen LogP contribution in [0.15, 0.2) is 78.5 Å². The monoisotopic (exact) mass is 448 g/mol. The van der Waals surface area contributed by atoms with Crippen LogP contribution < -0.4 is 9.80 Å². The fourth-order valence-electron chi connectivity index (χ4n) is 4.28. The number of halogens is 2. The van der Waals surface area contributed by atoms with E-state index in [9.17, 15) is 9.59 Å². The maximum absolute atomic E-state index is 13.8. The van der Waals surface area contributed by atoms with Crippen molar-refractivity contribution in [2.24, 2.45) is 0 Å². The van der Waals surface area contributed by atoms with Crippen LogP contribution in [0, 0.1) is 0 Å². The van der Waals surface area contributed by atoms with Gasteiger partial charge < -0.3 is 4.90 Å². The van der Waals surface area contributed by atoms with Gasteiger partial charge in [0.05, 0.1) is 16.3 Å². The Kier molecular flexibility index (Phi) is 5.05. The summed E-state index contributed by atoms with van der Waals surface area (Å²) < 4.78 is 0. The van der Waals surface area contributed by atoms with Crippen molar-refractivity contribution in [2.75, 3.05) is 16.3 Å². The Morgan fingerprint density at radius 2 is 1.52 bits per heavy atom. The quantitative estimate of drug-likeness (QED) is 0.480. The lowest BCUT2D eigenvalue weighted by atomic mass is 9.98. The molecule has 2 heterocycles. The molecule has 4 nitrogen and oxygen atoms in total. The van der Waals surface area contributed by atoms with E-state index in [0.717, 1.165) is 29.0 Å². The molecule has 0 aromatic heterocycles. The van der Waals surface area contributed by atoms with Gasteiger partial charge in [0.15, 0.2) is 0 Å². The number of carbonyl (C=O) groups is 2. The highest BCUT2D eigenvalue weighted by molar-refractivity contribution is 6.48. The van der Waals surface area contributed by atoms with E-state index in [1.54, 1.807) is 18.2 Å². The van der Waals surface area contributed by atoms with E-state index in [-0.39, 0.29) is 5.69 Å². The summed E-state index contributed by atoms with van der Waals surface area (Å²) in [6, 6.07) is 22.1. The van der Waals surface area contributed by atoms with Crippen molar-refractivity contribution >= 4 is 52.0 Å². The highest BCUT2D eigenvalue weighted by atomic mass is 35.5. The first-order valence-corrected chi connectivity index (χ1v) is 10.8. The number of anilines is 2. The second-order valence-electron chi connectivity index (χ2n) is 7.51. The molecule has 3 aromatic carbocycles. The number of hydrogen-bond acceptors (Lipinski definition) is 3. The first-order chi connectivity index (χ1) is 15.1. The Morgan fingerprint density at radius 1 is 0.774 bits per heavy atom. The molecule has 6 heteroatoms. The van der Waals surface area contributed by atoms with Crippen LogP contribution in [-0.2, 0) is 16.0 Å².